The van der Waals surface area contributed by atoms with Gasteiger partial charge in [0.05, 0.1) is 0 Å². The van der Waals surface area contributed by atoms with Crippen LogP contribution in [0.1, 0.15) is 28.7 Å². The standard InChI is InChI=1S/C17H18BrN/c1-12-5-8-17(16(18)9-12)19-11-13-6-7-14-3-2-4-15(14)10-13/h5-10,19H,2-4,11H2,1H3. The van der Waals surface area contributed by atoms with Gasteiger partial charge in [-0.05, 0) is 76.5 Å². The van der Waals surface area contributed by atoms with E-state index in [1.54, 1.807) is 11.1 Å². The molecule has 19 heavy (non-hydrogen) atoms. The second-order valence-electron chi connectivity index (χ2n) is 5.29. The van der Waals surface area contributed by atoms with Gasteiger partial charge in [0.2, 0.25) is 0 Å². The van der Waals surface area contributed by atoms with Crippen LogP contribution in [0.3, 0.4) is 0 Å². The average Bonchev–Trinajstić information content (AvgIpc) is 2.85. The summed E-state index contributed by atoms with van der Waals surface area (Å²) in [6, 6.07) is 13.3. The molecule has 0 spiro atoms. The minimum Gasteiger partial charge on any atom is -0.380 e. The fraction of sp³-hybridized carbons (Fsp3) is 0.294. The Labute approximate surface area is 123 Å². The lowest BCUT2D eigenvalue weighted by atomic mass is 10.1. The third kappa shape index (κ3) is 2.84. The predicted molar refractivity (Wildman–Crippen MR) is 84.7 cm³/mol. The second kappa shape index (κ2) is 5.38. The third-order valence-corrected chi connectivity index (χ3v) is 4.43. The predicted octanol–water partition coefficient (Wildman–Crippen LogP) is 4.86. The van der Waals surface area contributed by atoms with Crippen LogP contribution in [0.15, 0.2) is 40.9 Å². The molecule has 0 saturated carbocycles. The lowest BCUT2D eigenvalue weighted by Gasteiger charge is -2.10. The monoisotopic (exact) mass is 315 g/mol. The maximum absolute atomic E-state index is 3.61. The molecule has 0 fully saturated rings. The van der Waals surface area contributed by atoms with E-state index < -0.39 is 0 Å². The summed E-state index contributed by atoms with van der Waals surface area (Å²) in [6.07, 6.45) is 3.82. The molecule has 0 unspecified atom stereocenters. The molecule has 0 heterocycles. The summed E-state index contributed by atoms with van der Waals surface area (Å²) in [5.41, 5.74) is 6.89. The van der Waals surface area contributed by atoms with Crippen molar-refractivity contribution >= 4 is 21.6 Å². The molecule has 1 N–H and O–H groups in total. The van der Waals surface area contributed by atoms with Crippen molar-refractivity contribution in [3.05, 3.63) is 63.1 Å². The van der Waals surface area contributed by atoms with Crippen LogP contribution < -0.4 is 5.32 Å². The summed E-state index contributed by atoms with van der Waals surface area (Å²) >= 11 is 3.61. The van der Waals surface area contributed by atoms with Gasteiger partial charge in [0.25, 0.3) is 0 Å². The van der Waals surface area contributed by atoms with E-state index in [1.165, 1.54) is 30.4 Å². The van der Waals surface area contributed by atoms with Crippen molar-refractivity contribution < 1.29 is 0 Å². The van der Waals surface area contributed by atoms with Crippen LogP contribution in [0.2, 0.25) is 0 Å². The molecule has 1 aliphatic rings. The molecule has 0 saturated heterocycles. The number of nitrogens with one attached hydrogen (secondary N) is 1. The molecule has 0 aromatic heterocycles. The van der Waals surface area contributed by atoms with E-state index in [2.05, 4.69) is 64.6 Å². The molecule has 2 heteroatoms. The quantitative estimate of drug-likeness (QED) is 0.853. The summed E-state index contributed by atoms with van der Waals surface area (Å²) in [5, 5.41) is 3.50. The maximum atomic E-state index is 3.61. The van der Waals surface area contributed by atoms with E-state index in [-0.39, 0.29) is 0 Å². The largest absolute Gasteiger partial charge is 0.380 e. The van der Waals surface area contributed by atoms with Gasteiger partial charge < -0.3 is 5.32 Å². The second-order valence-corrected chi connectivity index (χ2v) is 6.15. The number of hydrogen-bond donors (Lipinski definition) is 1. The number of hydrogen-bond acceptors (Lipinski definition) is 1. The van der Waals surface area contributed by atoms with E-state index >= 15 is 0 Å². The van der Waals surface area contributed by atoms with Gasteiger partial charge in [-0.2, -0.15) is 0 Å². The Kier molecular flexibility index (Phi) is 3.61. The minimum atomic E-state index is 0.884. The summed E-state index contributed by atoms with van der Waals surface area (Å²) in [4.78, 5) is 0. The highest BCUT2D eigenvalue weighted by molar-refractivity contribution is 9.10. The molecular weight excluding hydrogens is 298 g/mol. The van der Waals surface area contributed by atoms with Gasteiger partial charge in [0.1, 0.15) is 0 Å². The Hall–Kier alpha value is -1.28. The van der Waals surface area contributed by atoms with Gasteiger partial charge in [-0.3, -0.25) is 0 Å². The Balaban J connectivity index is 1.72. The van der Waals surface area contributed by atoms with Crippen LogP contribution in [-0.4, -0.2) is 0 Å². The van der Waals surface area contributed by atoms with Crippen molar-refractivity contribution in [2.24, 2.45) is 0 Å². The fourth-order valence-electron chi connectivity index (χ4n) is 2.70. The highest BCUT2D eigenvalue weighted by Gasteiger charge is 2.10. The molecule has 0 aliphatic heterocycles. The summed E-state index contributed by atoms with van der Waals surface area (Å²) in [7, 11) is 0. The number of rotatable bonds is 3. The topological polar surface area (TPSA) is 12.0 Å². The van der Waals surface area contributed by atoms with E-state index in [0.29, 0.717) is 0 Å². The van der Waals surface area contributed by atoms with Gasteiger partial charge in [-0.25, -0.2) is 0 Å². The molecule has 1 nitrogen and oxygen atoms in total. The number of benzene rings is 2. The zero-order valence-electron chi connectivity index (χ0n) is 11.2. The zero-order chi connectivity index (χ0) is 13.2. The summed E-state index contributed by atoms with van der Waals surface area (Å²) in [6.45, 7) is 2.99. The van der Waals surface area contributed by atoms with Crippen LogP contribution in [0, 0.1) is 6.92 Å². The molecule has 0 radical (unpaired) electrons. The number of fused-ring (bicyclic) bond motifs is 1. The van der Waals surface area contributed by atoms with Gasteiger partial charge in [0.15, 0.2) is 0 Å². The van der Waals surface area contributed by atoms with E-state index in [4.69, 9.17) is 0 Å². The number of aryl methyl sites for hydroxylation is 3. The number of halogens is 1. The minimum absolute atomic E-state index is 0.884. The van der Waals surface area contributed by atoms with Gasteiger partial charge in [0, 0.05) is 16.7 Å². The van der Waals surface area contributed by atoms with Crippen LogP contribution >= 0.6 is 15.9 Å². The van der Waals surface area contributed by atoms with Crippen molar-refractivity contribution in [2.75, 3.05) is 5.32 Å². The van der Waals surface area contributed by atoms with E-state index in [1.807, 2.05) is 0 Å². The smallest absolute Gasteiger partial charge is 0.0487 e. The van der Waals surface area contributed by atoms with Crippen molar-refractivity contribution in [1.29, 1.82) is 0 Å². The van der Waals surface area contributed by atoms with E-state index in [0.717, 1.165) is 16.7 Å². The molecule has 2 aromatic carbocycles. The van der Waals surface area contributed by atoms with Gasteiger partial charge in [-0.1, -0.05) is 24.3 Å². The SMILES string of the molecule is Cc1ccc(NCc2ccc3c(c2)CCC3)c(Br)c1. The number of anilines is 1. The summed E-state index contributed by atoms with van der Waals surface area (Å²) in [5.74, 6) is 0. The zero-order valence-corrected chi connectivity index (χ0v) is 12.8. The van der Waals surface area contributed by atoms with Gasteiger partial charge >= 0.3 is 0 Å². The first-order valence-corrected chi connectivity index (χ1v) is 7.62. The molecule has 3 rings (SSSR count). The summed E-state index contributed by atoms with van der Waals surface area (Å²) < 4.78 is 1.13. The fourth-order valence-corrected chi connectivity index (χ4v) is 3.33. The first-order valence-electron chi connectivity index (χ1n) is 6.83. The van der Waals surface area contributed by atoms with E-state index in [9.17, 15) is 0 Å². The van der Waals surface area contributed by atoms with Crippen molar-refractivity contribution in [3.63, 3.8) is 0 Å². The molecule has 0 amide bonds. The molecule has 2 aromatic rings. The van der Waals surface area contributed by atoms with Crippen LogP contribution in [0.25, 0.3) is 0 Å². The molecule has 0 bridgehead atoms. The highest BCUT2D eigenvalue weighted by atomic mass is 79.9. The van der Waals surface area contributed by atoms with Crippen LogP contribution in [0.5, 0.6) is 0 Å². The van der Waals surface area contributed by atoms with Crippen LogP contribution in [-0.2, 0) is 19.4 Å². The Morgan fingerprint density at radius 2 is 1.89 bits per heavy atom. The molecule has 0 atom stereocenters. The molecule has 1 aliphatic carbocycles. The van der Waals surface area contributed by atoms with Crippen LogP contribution in [0.4, 0.5) is 5.69 Å². The Bertz CT molecular complexity index is 604. The maximum Gasteiger partial charge on any atom is 0.0487 e. The lowest BCUT2D eigenvalue weighted by molar-refractivity contribution is 0.911. The molecule has 98 valence electrons. The normalized spacial score (nSPS) is 13.4. The van der Waals surface area contributed by atoms with Crippen molar-refractivity contribution in [2.45, 2.75) is 32.7 Å². The lowest BCUT2D eigenvalue weighted by Crippen LogP contribution is -2.01. The van der Waals surface area contributed by atoms with Crippen molar-refractivity contribution in [3.8, 4) is 0 Å². The Morgan fingerprint density at radius 3 is 2.74 bits per heavy atom. The first kappa shape index (κ1) is 12.7. The van der Waals surface area contributed by atoms with Crippen molar-refractivity contribution in [1.82, 2.24) is 0 Å². The average molecular weight is 316 g/mol. The third-order valence-electron chi connectivity index (χ3n) is 3.77. The Morgan fingerprint density at radius 1 is 1.05 bits per heavy atom. The highest BCUT2D eigenvalue weighted by Crippen LogP contribution is 2.26. The molecular formula is C17H18BrN. The first-order chi connectivity index (χ1) is 9.22. The van der Waals surface area contributed by atoms with Gasteiger partial charge in [-0.15, -0.1) is 0 Å².